The number of nitrogens with zero attached hydrogens (tertiary/aromatic N) is 3. The van der Waals surface area contributed by atoms with E-state index in [2.05, 4.69) is 251 Å². The maximum absolute atomic E-state index is 4.79. The maximum atomic E-state index is 4.79. The Morgan fingerprint density at radius 3 is 1.48 bits per heavy atom. The number of hydrogen-bond acceptors (Lipinski definition) is 1. The Hall–Kier alpha value is -8.40. The van der Waals surface area contributed by atoms with E-state index in [-0.39, 0.29) is 0 Å². The molecule has 0 aliphatic carbocycles. The number of aromatic nitrogens is 2. The minimum atomic E-state index is 0.682. The Labute approximate surface area is 373 Å². The molecule has 3 heteroatoms. The summed E-state index contributed by atoms with van der Waals surface area (Å²) >= 11 is 0. The minimum Gasteiger partial charge on any atom is -0.337 e. The average molecular weight is 818 g/mol. The number of benzene rings is 9. The van der Waals surface area contributed by atoms with Gasteiger partial charge in [-0.2, -0.15) is 0 Å². The van der Waals surface area contributed by atoms with Gasteiger partial charge < -0.3 is 14.0 Å². The summed E-state index contributed by atoms with van der Waals surface area (Å²) in [5, 5.41) is 4.90. The molecule has 9 aromatic carbocycles. The summed E-state index contributed by atoms with van der Waals surface area (Å²) in [5.41, 5.74) is 18.4. The van der Waals surface area contributed by atoms with Crippen molar-refractivity contribution in [3.63, 3.8) is 0 Å². The monoisotopic (exact) mass is 817 g/mol. The van der Waals surface area contributed by atoms with Gasteiger partial charge in [-0.1, -0.05) is 152 Å². The van der Waals surface area contributed by atoms with Crippen LogP contribution in [0.1, 0.15) is 11.1 Å². The van der Waals surface area contributed by atoms with Crippen molar-refractivity contribution in [2.75, 3.05) is 11.4 Å². The van der Waals surface area contributed by atoms with Crippen molar-refractivity contribution in [1.29, 1.82) is 0 Å². The van der Waals surface area contributed by atoms with E-state index in [4.69, 9.17) is 6.58 Å². The normalized spacial score (nSPS) is 14.3. The smallest absolute Gasteiger partial charge is 0.0542 e. The largest absolute Gasteiger partial charge is 0.337 e. The fourth-order valence-electron chi connectivity index (χ4n) is 9.81. The molecule has 1 aliphatic rings. The molecule has 0 radical (unpaired) electrons. The van der Waals surface area contributed by atoms with Crippen LogP contribution in [0.5, 0.6) is 0 Å². The number of fused-ring (bicyclic) bond motifs is 7. The highest BCUT2D eigenvalue weighted by Crippen LogP contribution is 2.42. The second kappa shape index (κ2) is 15.5. The first-order chi connectivity index (χ1) is 31.7. The first kappa shape index (κ1) is 37.4. The molecule has 0 unspecified atom stereocenters. The van der Waals surface area contributed by atoms with Gasteiger partial charge in [0, 0.05) is 56.4 Å². The number of para-hydroxylation sites is 3. The number of allylic oxidation sites excluding steroid dienone is 4. The average Bonchev–Trinajstić information content (AvgIpc) is 3.89. The van der Waals surface area contributed by atoms with Gasteiger partial charge in [0.25, 0.3) is 0 Å². The quantitative estimate of drug-likeness (QED) is 0.163. The van der Waals surface area contributed by atoms with E-state index in [9.17, 15) is 0 Å². The summed E-state index contributed by atoms with van der Waals surface area (Å²) in [4.78, 5) is 2.44. The highest BCUT2D eigenvalue weighted by atomic mass is 15.1. The van der Waals surface area contributed by atoms with Crippen LogP contribution >= 0.6 is 0 Å². The molecule has 3 nitrogen and oxygen atoms in total. The topological polar surface area (TPSA) is 13.1 Å². The van der Waals surface area contributed by atoms with Crippen LogP contribution in [-0.2, 0) is 0 Å². The molecule has 12 rings (SSSR count). The number of hydrogen-bond donors (Lipinski definition) is 0. The molecule has 0 fully saturated rings. The zero-order valence-electron chi connectivity index (χ0n) is 35.3. The lowest BCUT2D eigenvalue weighted by Gasteiger charge is -2.27. The summed E-state index contributed by atoms with van der Waals surface area (Å²) in [6.45, 7) is 5.47. The molecule has 11 aromatic rings. The summed E-state index contributed by atoms with van der Waals surface area (Å²) in [7, 11) is 0. The molecular formula is C61H43N3. The molecule has 302 valence electrons. The van der Waals surface area contributed by atoms with Gasteiger partial charge >= 0.3 is 0 Å². The number of rotatable bonds is 6. The Bertz CT molecular complexity index is 3630. The molecule has 0 atom stereocenters. The van der Waals surface area contributed by atoms with Gasteiger partial charge in [0.15, 0.2) is 0 Å². The van der Waals surface area contributed by atoms with Crippen LogP contribution in [0.2, 0.25) is 0 Å². The molecular weight excluding hydrogens is 775 g/mol. The van der Waals surface area contributed by atoms with Gasteiger partial charge in [-0.3, -0.25) is 0 Å². The summed E-state index contributed by atoms with van der Waals surface area (Å²) in [6, 6.07) is 79.1. The minimum absolute atomic E-state index is 0.682. The van der Waals surface area contributed by atoms with E-state index >= 15 is 0 Å². The van der Waals surface area contributed by atoms with Gasteiger partial charge in [-0.15, -0.1) is 0 Å². The molecule has 0 saturated heterocycles. The molecule has 2 aromatic heterocycles. The molecule has 0 saturated carbocycles. The summed E-state index contributed by atoms with van der Waals surface area (Å²) in [6.07, 6.45) is 6.78. The van der Waals surface area contributed by atoms with Gasteiger partial charge in [0.05, 0.1) is 22.1 Å². The van der Waals surface area contributed by atoms with E-state index in [1.54, 1.807) is 0 Å². The number of anilines is 2. The predicted octanol–water partition coefficient (Wildman–Crippen LogP) is 16.0. The zero-order chi connectivity index (χ0) is 42.6. The predicted molar refractivity (Wildman–Crippen MR) is 272 cm³/mol. The zero-order valence-corrected chi connectivity index (χ0v) is 35.3. The SMILES string of the molecule is C=C1/C=C(c2ccccc2)\C=C/CN(c2ccc3c(c2)c2ccccc2n3-c2ccccc2)c2ccc(-c3ccc4c(c3)c3cc(-c5ccccc5)ccc3n4-c3ccccc3)cc21. The lowest BCUT2D eigenvalue weighted by Crippen LogP contribution is -2.18. The van der Waals surface area contributed by atoms with Gasteiger partial charge in [0.1, 0.15) is 0 Å². The second-order valence-corrected chi connectivity index (χ2v) is 16.6. The first-order valence-electron chi connectivity index (χ1n) is 22.0. The van der Waals surface area contributed by atoms with Crippen LogP contribution in [0.3, 0.4) is 0 Å². The standard InChI is InChI=1S/C61H43N3/c1-42-37-45(43-17-6-2-7-18-43)21-16-36-62(51-31-35-61-56(41-51)52-26-14-15-27-58(52)63(61)49-22-10-4-11-23-49)57-32-28-47(38-53(42)57)48-30-34-60-55(40-48)54-39-46(44-19-8-3-9-20-44)29-33-59(54)64(60)50-24-12-5-13-25-50/h2-35,37-41H,1,36H2/b21-16-,45-37+. The third-order valence-electron chi connectivity index (χ3n) is 12.9. The van der Waals surface area contributed by atoms with Crippen molar-refractivity contribution >= 4 is 66.1 Å². The van der Waals surface area contributed by atoms with E-state index in [0.717, 1.165) is 56.1 Å². The second-order valence-electron chi connectivity index (χ2n) is 16.6. The fraction of sp³-hybridized carbons (Fsp3) is 0.0164. The van der Waals surface area contributed by atoms with Crippen molar-refractivity contribution in [2.45, 2.75) is 0 Å². The van der Waals surface area contributed by atoms with Crippen LogP contribution in [0.25, 0.3) is 88.4 Å². The fourth-order valence-corrected chi connectivity index (χ4v) is 9.81. The molecule has 1 aliphatic heterocycles. The molecule has 0 N–H and O–H groups in total. The molecule has 64 heavy (non-hydrogen) atoms. The molecule has 3 heterocycles. The van der Waals surface area contributed by atoms with Crippen LogP contribution in [-0.4, -0.2) is 15.7 Å². The van der Waals surface area contributed by atoms with Crippen LogP contribution in [0.4, 0.5) is 11.4 Å². The van der Waals surface area contributed by atoms with Gasteiger partial charge in [-0.05, 0) is 130 Å². The van der Waals surface area contributed by atoms with Crippen molar-refractivity contribution in [1.82, 2.24) is 9.13 Å². The van der Waals surface area contributed by atoms with Crippen LogP contribution in [0, 0.1) is 0 Å². The van der Waals surface area contributed by atoms with Crippen LogP contribution < -0.4 is 4.90 Å². The summed E-state index contributed by atoms with van der Waals surface area (Å²) < 4.78 is 4.77. The van der Waals surface area contributed by atoms with Gasteiger partial charge in [-0.25, -0.2) is 0 Å². The van der Waals surface area contributed by atoms with E-state index < -0.39 is 0 Å². The van der Waals surface area contributed by atoms with E-state index in [0.29, 0.717) is 6.54 Å². The molecule has 0 bridgehead atoms. The summed E-state index contributed by atoms with van der Waals surface area (Å²) in [5.74, 6) is 0. The van der Waals surface area contributed by atoms with Crippen molar-refractivity contribution in [3.8, 4) is 33.6 Å². The Morgan fingerprint density at radius 2 is 0.844 bits per heavy atom. The lowest BCUT2D eigenvalue weighted by atomic mass is 9.94. The van der Waals surface area contributed by atoms with Crippen LogP contribution in [0.15, 0.2) is 243 Å². The first-order valence-corrected chi connectivity index (χ1v) is 22.0. The van der Waals surface area contributed by atoms with E-state index in [1.165, 1.54) is 54.7 Å². The molecule has 0 amide bonds. The highest BCUT2D eigenvalue weighted by Gasteiger charge is 2.21. The third-order valence-corrected chi connectivity index (χ3v) is 12.9. The Balaban J connectivity index is 1.03. The molecule has 0 spiro atoms. The highest BCUT2D eigenvalue weighted by molar-refractivity contribution is 6.12. The lowest BCUT2D eigenvalue weighted by molar-refractivity contribution is 1.09. The van der Waals surface area contributed by atoms with Gasteiger partial charge in [0.2, 0.25) is 0 Å². The van der Waals surface area contributed by atoms with Crippen molar-refractivity contribution in [2.24, 2.45) is 0 Å². The van der Waals surface area contributed by atoms with Crippen molar-refractivity contribution in [3.05, 3.63) is 254 Å². The Morgan fingerprint density at radius 1 is 0.359 bits per heavy atom. The van der Waals surface area contributed by atoms with E-state index in [1.807, 2.05) is 0 Å². The Kier molecular flexibility index (Phi) is 9.05. The van der Waals surface area contributed by atoms with Crippen molar-refractivity contribution < 1.29 is 0 Å². The third kappa shape index (κ3) is 6.37. The maximum Gasteiger partial charge on any atom is 0.0542 e.